The van der Waals surface area contributed by atoms with Gasteiger partial charge in [-0.05, 0) is 18.4 Å². The maximum absolute atomic E-state index is 12.1. The normalized spacial score (nSPS) is 19.7. The highest BCUT2D eigenvalue weighted by molar-refractivity contribution is 6.07. The van der Waals surface area contributed by atoms with Crippen LogP contribution in [0.4, 0.5) is 9.59 Å². The van der Waals surface area contributed by atoms with Crippen molar-refractivity contribution < 1.29 is 14.4 Å². The first-order chi connectivity index (χ1) is 10.6. The van der Waals surface area contributed by atoms with Crippen LogP contribution >= 0.6 is 0 Å². The van der Waals surface area contributed by atoms with Gasteiger partial charge in [-0.15, -0.1) is 0 Å². The van der Waals surface area contributed by atoms with E-state index in [9.17, 15) is 14.4 Å². The number of carbonyl (C=O) groups is 3. The summed E-state index contributed by atoms with van der Waals surface area (Å²) < 4.78 is 0. The number of rotatable bonds is 2. The zero-order valence-corrected chi connectivity index (χ0v) is 12.1. The van der Waals surface area contributed by atoms with Gasteiger partial charge in [0.2, 0.25) is 0 Å². The molecule has 0 atom stereocenters. The molecular formula is C15H18N4O3. The van der Waals surface area contributed by atoms with E-state index in [0.29, 0.717) is 32.5 Å². The number of imide groups is 1. The molecule has 7 heteroatoms. The first-order valence-electron chi connectivity index (χ1n) is 7.29. The molecule has 2 heterocycles. The van der Waals surface area contributed by atoms with Gasteiger partial charge < -0.3 is 15.5 Å². The minimum Gasteiger partial charge on any atom is -0.334 e. The predicted molar refractivity (Wildman–Crippen MR) is 78.9 cm³/mol. The lowest BCUT2D eigenvalue weighted by Crippen LogP contribution is -2.57. The van der Waals surface area contributed by atoms with Crippen LogP contribution in [0.1, 0.15) is 18.4 Å². The van der Waals surface area contributed by atoms with Crippen molar-refractivity contribution in [3.8, 4) is 0 Å². The molecule has 0 bridgehead atoms. The van der Waals surface area contributed by atoms with Crippen LogP contribution in [-0.4, -0.2) is 41.5 Å². The maximum atomic E-state index is 12.1. The van der Waals surface area contributed by atoms with Crippen LogP contribution in [0.15, 0.2) is 30.3 Å². The van der Waals surface area contributed by atoms with Crippen molar-refractivity contribution in [2.45, 2.75) is 24.9 Å². The lowest BCUT2D eigenvalue weighted by atomic mass is 9.88. The first kappa shape index (κ1) is 14.4. The molecule has 2 aliphatic rings. The second kappa shape index (κ2) is 5.67. The number of nitrogens with zero attached hydrogens (tertiary/aromatic N) is 1. The van der Waals surface area contributed by atoms with E-state index in [1.807, 2.05) is 30.3 Å². The fraction of sp³-hybridized carbons (Fsp3) is 0.400. The van der Waals surface area contributed by atoms with Crippen molar-refractivity contribution in [1.29, 1.82) is 0 Å². The largest absolute Gasteiger partial charge is 0.334 e. The summed E-state index contributed by atoms with van der Waals surface area (Å²) in [6.45, 7) is 1.35. The fourth-order valence-electron chi connectivity index (χ4n) is 2.86. The standard InChI is InChI=1S/C15H18N4O3/c20-12-15(18-13(21)17-12)6-8-19(9-7-15)14(22)16-10-11-4-2-1-3-5-11/h1-5H,6-10H2,(H,16,22)(H2,17,18,20,21). The Hall–Kier alpha value is -2.57. The van der Waals surface area contributed by atoms with Crippen LogP contribution in [0.3, 0.4) is 0 Å². The van der Waals surface area contributed by atoms with Gasteiger partial charge in [0.15, 0.2) is 0 Å². The van der Waals surface area contributed by atoms with E-state index < -0.39 is 11.6 Å². The van der Waals surface area contributed by atoms with Gasteiger partial charge >= 0.3 is 12.1 Å². The Morgan fingerprint density at radius 1 is 1.18 bits per heavy atom. The molecule has 7 nitrogen and oxygen atoms in total. The Morgan fingerprint density at radius 3 is 2.45 bits per heavy atom. The molecule has 0 saturated carbocycles. The molecular weight excluding hydrogens is 284 g/mol. The van der Waals surface area contributed by atoms with Gasteiger partial charge in [0, 0.05) is 19.6 Å². The summed E-state index contributed by atoms with van der Waals surface area (Å²) >= 11 is 0. The Balaban J connectivity index is 1.52. The van der Waals surface area contributed by atoms with E-state index in [-0.39, 0.29) is 11.9 Å². The number of likely N-dealkylation sites (tertiary alicyclic amines) is 1. The zero-order valence-electron chi connectivity index (χ0n) is 12.1. The Labute approximate surface area is 128 Å². The summed E-state index contributed by atoms with van der Waals surface area (Å²) in [5.74, 6) is -0.290. The third kappa shape index (κ3) is 2.74. The van der Waals surface area contributed by atoms with Gasteiger partial charge in [0.25, 0.3) is 5.91 Å². The van der Waals surface area contributed by atoms with E-state index >= 15 is 0 Å². The number of hydrogen-bond acceptors (Lipinski definition) is 3. The van der Waals surface area contributed by atoms with Crippen molar-refractivity contribution in [2.24, 2.45) is 0 Å². The number of carbonyl (C=O) groups excluding carboxylic acids is 3. The molecule has 0 aromatic heterocycles. The molecule has 2 aliphatic heterocycles. The summed E-state index contributed by atoms with van der Waals surface area (Å²) in [4.78, 5) is 36.9. The maximum Gasteiger partial charge on any atom is 0.322 e. The first-order valence-corrected chi connectivity index (χ1v) is 7.29. The number of amides is 5. The highest BCUT2D eigenvalue weighted by Gasteiger charge is 2.48. The molecule has 2 fully saturated rings. The van der Waals surface area contributed by atoms with Crippen LogP contribution in [0.2, 0.25) is 0 Å². The number of piperidine rings is 1. The lowest BCUT2D eigenvalue weighted by molar-refractivity contribution is -0.125. The van der Waals surface area contributed by atoms with Gasteiger partial charge in [-0.2, -0.15) is 0 Å². The number of urea groups is 2. The molecule has 0 aliphatic carbocycles. The molecule has 2 saturated heterocycles. The van der Waals surface area contributed by atoms with Gasteiger partial charge in [0.05, 0.1) is 0 Å². The monoisotopic (exact) mass is 302 g/mol. The average Bonchev–Trinajstić information content (AvgIpc) is 2.80. The van der Waals surface area contributed by atoms with E-state index in [2.05, 4.69) is 16.0 Å². The van der Waals surface area contributed by atoms with Crippen molar-refractivity contribution in [3.05, 3.63) is 35.9 Å². The van der Waals surface area contributed by atoms with Gasteiger partial charge in [-0.1, -0.05) is 30.3 Å². The van der Waals surface area contributed by atoms with E-state index in [4.69, 9.17) is 0 Å². The van der Waals surface area contributed by atoms with Gasteiger partial charge in [-0.3, -0.25) is 10.1 Å². The Bertz CT molecular complexity index is 594. The highest BCUT2D eigenvalue weighted by atomic mass is 16.2. The molecule has 3 N–H and O–H groups in total. The van der Waals surface area contributed by atoms with Crippen LogP contribution in [0.25, 0.3) is 0 Å². The topological polar surface area (TPSA) is 90.5 Å². The number of hydrogen-bond donors (Lipinski definition) is 3. The SMILES string of the molecule is O=C1NC(=O)C2(CCN(C(=O)NCc3ccccc3)CC2)N1. The average molecular weight is 302 g/mol. The lowest BCUT2D eigenvalue weighted by Gasteiger charge is -2.36. The Morgan fingerprint density at radius 2 is 1.86 bits per heavy atom. The van der Waals surface area contributed by atoms with Crippen LogP contribution in [0, 0.1) is 0 Å². The van der Waals surface area contributed by atoms with Crippen LogP contribution < -0.4 is 16.0 Å². The highest BCUT2D eigenvalue weighted by Crippen LogP contribution is 2.25. The molecule has 1 aromatic rings. The van der Waals surface area contributed by atoms with Crippen molar-refractivity contribution in [1.82, 2.24) is 20.9 Å². The second-order valence-electron chi connectivity index (χ2n) is 5.62. The quantitative estimate of drug-likeness (QED) is 0.698. The third-order valence-corrected chi connectivity index (χ3v) is 4.21. The van der Waals surface area contributed by atoms with Crippen molar-refractivity contribution in [3.63, 3.8) is 0 Å². The second-order valence-corrected chi connectivity index (χ2v) is 5.62. The van der Waals surface area contributed by atoms with E-state index in [1.165, 1.54) is 0 Å². The molecule has 0 radical (unpaired) electrons. The predicted octanol–water partition coefficient (Wildman–Crippen LogP) is 0.570. The molecule has 1 spiro atoms. The summed E-state index contributed by atoms with van der Waals surface area (Å²) in [6, 6.07) is 9.07. The van der Waals surface area contributed by atoms with Crippen molar-refractivity contribution in [2.75, 3.05) is 13.1 Å². The fourth-order valence-corrected chi connectivity index (χ4v) is 2.86. The summed E-state index contributed by atoms with van der Waals surface area (Å²) in [7, 11) is 0. The molecule has 5 amide bonds. The molecule has 116 valence electrons. The van der Waals surface area contributed by atoms with Gasteiger partial charge in [0.1, 0.15) is 5.54 Å². The summed E-state index contributed by atoms with van der Waals surface area (Å²) in [6.07, 6.45) is 0.868. The smallest absolute Gasteiger partial charge is 0.322 e. The minimum atomic E-state index is -0.840. The zero-order chi connectivity index (χ0) is 15.6. The van der Waals surface area contributed by atoms with Crippen LogP contribution in [0.5, 0.6) is 0 Å². The van der Waals surface area contributed by atoms with Crippen LogP contribution in [-0.2, 0) is 11.3 Å². The number of benzene rings is 1. The van der Waals surface area contributed by atoms with E-state index in [0.717, 1.165) is 5.56 Å². The Kier molecular flexibility index (Phi) is 3.70. The minimum absolute atomic E-state index is 0.150. The van der Waals surface area contributed by atoms with Gasteiger partial charge in [-0.25, -0.2) is 9.59 Å². The van der Waals surface area contributed by atoms with E-state index in [1.54, 1.807) is 4.90 Å². The molecule has 1 aromatic carbocycles. The molecule has 0 unspecified atom stereocenters. The third-order valence-electron chi connectivity index (χ3n) is 4.21. The summed E-state index contributed by atoms with van der Waals surface area (Å²) in [5, 5.41) is 7.81. The van der Waals surface area contributed by atoms with Crippen molar-refractivity contribution >= 4 is 18.0 Å². The number of nitrogens with one attached hydrogen (secondary N) is 3. The molecule has 3 rings (SSSR count). The molecule has 22 heavy (non-hydrogen) atoms. The summed E-state index contributed by atoms with van der Waals surface area (Å²) in [5.41, 5.74) is 0.194.